The summed E-state index contributed by atoms with van der Waals surface area (Å²) >= 11 is 0. The number of hydrogen-bond donors (Lipinski definition) is 1. The van der Waals surface area contributed by atoms with Crippen LogP contribution in [0, 0.1) is 0 Å². The van der Waals surface area contributed by atoms with Gasteiger partial charge in [0.2, 0.25) is 0 Å². The molecule has 0 bridgehead atoms. The number of aromatic nitrogens is 2. The molecule has 0 aliphatic carbocycles. The number of rotatable bonds is 4. The van der Waals surface area contributed by atoms with E-state index in [1.807, 2.05) is 0 Å². The summed E-state index contributed by atoms with van der Waals surface area (Å²) in [4.78, 5) is 0. The lowest BCUT2D eigenvalue weighted by atomic mass is 9.98. The van der Waals surface area contributed by atoms with Crippen molar-refractivity contribution in [3.05, 3.63) is 59.4 Å². The van der Waals surface area contributed by atoms with E-state index < -0.39 is 6.10 Å². The van der Waals surface area contributed by atoms with Crippen molar-refractivity contribution in [2.75, 3.05) is 0 Å². The highest BCUT2D eigenvalue weighted by Crippen LogP contribution is 2.19. The second-order valence-electron chi connectivity index (χ2n) is 4.79. The Balaban J connectivity index is 2.05. The lowest BCUT2D eigenvalue weighted by Crippen LogP contribution is -2.02. The van der Waals surface area contributed by atoms with Crippen LogP contribution in [0.4, 0.5) is 0 Å². The van der Waals surface area contributed by atoms with Crippen molar-refractivity contribution in [2.24, 2.45) is 0 Å². The predicted molar refractivity (Wildman–Crippen MR) is 71.2 cm³/mol. The van der Waals surface area contributed by atoms with Gasteiger partial charge in [0, 0.05) is 18.2 Å². The van der Waals surface area contributed by atoms with Gasteiger partial charge < -0.3 is 5.11 Å². The SMILES string of the molecule is CC(C)c1ccc(CC(O)c2ccnnc2)cc1. The van der Waals surface area contributed by atoms with Crippen molar-refractivity contribution in [2.45, 2.75) is 32.3 Å². The summed E-state index contributed by atoms with van der Waals surface area (Å²) in [6.07, 6.45) is 3.28. The smallest absolute Gasteiger partial charge is 0.0846 e. The molecule has 94 valence electrons. The highest BCUT2D eigenvalue weighted by molar-refractivity contribution is 5.26. The monoisotopic (exact) mass is 242 g/mol. The molecule has 2 aromatic rings. The molecule has 0 radical (unpaired) electrons. The van der Waals surface area contributed by atoms with Gasteiger partial charge in [0.15, 0.2) is 0 Å². The molecule has 1 unspecified atom stereocenters. The Hall–Kier alpha value is -1.74. The Labute approximate surface area is 108 Å². The van der Waals surface area contributed by atoms with Crippen LogP contribution >= 0.6 is 0 Å². The summed E-state index contributed by atoms with van der Waals surface area (Å²) < 4.78 is 0. The van der Waals surface area contributed by atoms with Crippen molar-refractivity contribution in [3.8, 4) is 0 Å². The van der Waals surface area contributed by atoms with Crippen molar-refractivity contribution >= 4 is 0 Å². The zero-order chi connectivity index (χ0) is 13.0. The minimum absolute atomic E-state index is 0.523. The van der Waals surface area contributed by atoms with E-state index in [4.69, 9.17) is 0 Å². The van der Waals surface area contributed by atoms with Crippen LogP contribution in [0.15, 0.2) is 42.7 Å². The third-order valence-corrected chi connectivity index (χ3v) is 3.07. The average molecular weight is 242 g/mol. The molecule has 1 aromatic heterocycles. The number of aliphatic hydroxyl groups excluding tert-OH is 1. The van der Waals surface area contributed by atoms with Crippen LogP contribution < -0.4 is 0 Å². The third kappa shape index (κ3) is 3.14. The van der Waals surface area contributed by atoms with Crippen LogP contribution in [0.2, 0.25) is 0 Å². The van der Waals surface area contributed by atoms with Crippen molar-refractivity contribution in [1.82, 2.24) is 10.2 Å². The molecule has 1 heterocycles. The van der Waals surface area contributed by atoms with Gasteiger partial charge in [-0.25, -0.2) is 0 Å². The minimum Gasteiger partial charge on any atom is -0.388 e. The molecule has 1 aromatic carbocycles. The first-order valence-corrected chi connectivity index (χ1v) is 6.20. The molecular formula is C15H18N2O. The first kappa shape index (κ1) is 12.7. The molecule has 1 N–H and O–H groups in total. The molecule has 0 aliphatic heterocycles. The normalized spacial score (nSPS) is 12.7. The Bertz CT molecular complexity index is 480. The van der Waals surface area contributed by atoms with Gasteiger partial charge in [0.05, 0.1) is 12.3 Å². The van der Waals surface area contributed by atoms with Gasteiger partial charge >= 0.3 is 0 Å². The molecular weight excluding hydrogens is 224 g/mol. The summed E-state index contributed by atoms with van der Waals surface area (Å²) in [5.74, 6) is 0.536. The van der Waals surface area contributed by atoms with Gasteiger partial charge in [-0.2, -0.15) is 10.2 Å². The minimum atomic E-state index is -0.523. The number of benzene rings is 1. The van der Waals surface area contributed by atoms with Crippen LogP contribution in [-0.4, -0.2) is 15.3 Å². The summed E-state index contributed by atoms with van der Waals surface area (Å²) in [5, 5.41) is 17.6. The number of aliphatic hydroxyl groups is 1. The van der Waals surface area contributed by atoms with Crippen molar-refractivity contribution in [1.29, 1.82) is 0 Å². The zero-order valence-electron chi connectivity index (χ0n) is 10.7. The van der Waals surface area contributed by atoms with Gasteiger partial charge in [-0.05, 0) is 23.1 Å². The molecule has 0 amide bonds. The molecule has 0 saturated carbocycles. The maximum absolute atomic E-state index is 10.1. The Morgan fingerprint density at radius 3 is 2.28 bits per heavy atom. The Morgan fingerprint density at radius 1 is 1.00 bits per heavy atom. The van der Waals surface area contributed by atoms with Crippen LogP contribution in [0.3, 0.4) is 0 Å². The van der Waals surface area contributed by atoms with Crippen LogP contribution in [0.1, 0.15) is 42.6 Å². The predicted octanol–water partition coefficient (Wildman–Crippen LogP) is 2.88. The van der Waals surface area contributed by atoms with E-state index in [0.717, 1.165) is 11.1 Å². The molecule has 0 fully saturated rings. The quantitative estimate of drug-likeness (QED) is 0.896. The average Bonchev–Trinajstić information content (AvgIpc) is 2.40. The largest absolute Gasteiger partial charge is 0.388 e. The second kappa shape index (κ2) is 5.74. The topological polar surface area (TPSA) is 46.0 Å². The van der Waals surface area contributed by atoms with Gasteiger partial charge in [0.1, 0.15) is 0 Å². The van der Waals surface area contributed by atoms with Gasteiger partial charge in [-0.1, -0.05) is 38.1 Å². The van der Waals surface area contributed by atoms with E-state index in [-0.39, 0.29) is 0 Å². The molecule has 1 atom stereocenters. The van der Waals surface area contributed by atoms with E-state index >= 15 is 0 Å². The van der Waals surface area contributed by atoms with Crippen LogP contribution in [-0.2, 0) is 6.42 Å². The maximum atomic E-state index is 10.1. The van der Waals surface area contributed by atoms with Gasteiger partial charge in [0.25, 0.3) is 0 Å². The molecule has 2 rings (SSSR count). The molecule has 0 aliphatic rings. The maximum Gasteiger partial charge on any atom is 0.0846 e. The van der Waals surface area contributed by atoms with Crippen LogP contribution in [0.5, 0.6) is 0 Å². The highest BCUT2D eigenvalue weighted by atomic mass is 16.3. The molecule has 3 nitrogen and oxygen atoms in total. The van der Waals surface area contributed by atoms with E-state index in [9.17, 15) is 5.11 Å². The Kier molecular flexibility index (Phi) is 4.05. The van der Waals surface area contributed by atoms with Gasteiger partial charge in [-0.3, -0.25) is 0 Å². The summed E-state index contributed by atoms with van der Waals surface area (Å²) in [6.45, 7) is 4.35. The Morgan fingerprint density at radius 2 is 1.72 bits per heavy atom. The lowest BCUT2D eigenvalue weighted by molar-refractivity contribution is 0.178. The zero-order valence-corrected chi connectivity index (χ0v) is 10.7. The lowest BCUT2D eigenvalue weighted by Gasteiger charge is -2.11. The third-order valence-electron chi connectivity index (χ3n) is 3.07. The van der Waals surface area contributed by atoms with E-state index in [0.29, 0.717) is 12.3 Å². The number of nitrogens with zero attached hydrogens (tertiary/aromatic N) is 2. The van der Waals surface area contributed by atoms with E-state index in [1.165, 1.54) is 5.56 Å². The molecule has 0 spiro atoms. The van der Waals surface area contributed by atoms with Crippen molar-refractivity contribution in [3.63, 3.8) is 0 Å². The van der Waals surface area contributed by atoms with Crippen LogP contribution in [0.25, 0.3) is 0 Å². The standard InChI is InChI=1S/C15H18N2O/c1-11(2)13-5-3-12(4-6-13)9-15(18)14-7-8-16-17-10-14/h3-8,10-11,15,18H,9H2,1-2H3. The summed E-state index contributed by atoms with van der Waals surface area (Å²) in [5.41, 5.74) is 3.25. The molecule has 0 saturated heterocycles. The highest BCUT2D eigenvalue weighted by Gasteiger charge is 2.09. The molecule has 18 heavy (non-hydrogen) atoms. The fourth-order valence-corrected chi connectivity index (χ4v) is 1.88. The fourth-order valence-electron chi connectivity index (χ4n) is 1.88. The second-order valence-corrected chi connectivity index (χ2v) is 4.79. The first-order valence-electron chi connectivity index (χ1n) is 6.20. The first-order chi connectivity index (χ1) is 8.66. The fraction of sp³-hybridized carbons (Fsp3) is 0.333. The number of hydrogen-bond acceptors (Lipinski definition) is 3. The summed E-state index contributed by atoms with van der Waals surface area (Å²) in [7, 11) is 0. The van der Waals surface area contributed by atoms with Gasteiger partial charge in [-0.15, -0.1) is 0 Å². The van der Waals surface area contributed by atoms with E-state index in [1.54, 1.807) is 18.5 Å². The summed E-state index contributed by atoms with van der Waals surface area (Å²) in [6, 6.07) is 10.2. The van der Waals surface area contributed by atoms with E-state index in [2.05, 4.69) is 48.3 Å². The van der Waals surface area contributed by atoms with Crippen molar-refractivity contribution < 1.29 is 5.11 Å². The molecule has 3 heteroatoms.